The Balaban J connectivity index is 1.40. The molecular formula is C26H37N7O6. The van der Waals surface area contributed by atoms with E-state index < -0.39 is 47.4 Å². The highest BCUT2D eigenvalue weighted by Crippen LogP contribution is 2.34. The molecule has 2 saturated heterocycles. The highest BCUT2D eigenvalue weighted by molar-refractivity contribution is 5.96. The van der Waals surface area contributed by atoms with Gasteiger partial charge in [0.2, 0.25) is 23.6 Å². The summed E-state index contributed by atoms with van der Waals surface area (Å²) in [6.45, 7) is 5.72. The minimum absolute atomic E-state index is 0.0583. The quantitative estimate of drug-likeness (QED) is 0.312. The number of hydrogen-bond donors (Lipinski definition) is 4. The molecule has 39 heavy (non-hydrogen) atoms. The molecule has 1 aliphatic carbocycles. The minimum atomic E-state index is -1.27. The van der Waals surface area contributed by atoms with Gasteiger partial charge in [0.25, 0.3) is 5.91 Å². The van der Waals surface area contributed by atoms with Crippen molar-refractivity contribution in [2.75, 3.05) is 19.6 Å². The number of rotatable bonds is 9. The lowest BCUT2D eigenvalue weighted by Gasteiger charge is -2.38. The number of fused-ring (bicyclic) bond motifs is 2. The lowest BCUT2D eigenvalue weighted by Crippen LogP contribution is -2.60. The molecule has 5 amide bonds. The Morgan fingerprint density at radius 2 is 1.87 bits per heavy atom. The maximum atomic E-state index is 13.8. The predicted octanol–water partition coefficient (Wildman–Crippen LogP) is -0.826. The lowest BCUT2D eigenvalue weighted by atomic mass is 9.85. The summed E-state index contributed by atoms with van der Waals surface area (Å²) in [6, 6.07) is -1.60. The second-order valence-corrected chi connectivity index (χ2v) is 11.6. The Kier molecular flexibility index (Phi) is 8.48. The van der Waals surface area contributed by atoms with Gasteiger partial charge in [-0.1, -0.05) is 20.8 Å². The Labute approximate surface area is 227 Å². The Hall–Kier alpha value is -3.61. The Morgan fingerprint density at radius 1 is 1.13 bits per heavy atom. The van der Waals surface area contributed by atoms with Crippen LogP contribution in [-0.2, 0) is 19.2 Å². The van der Waals surface area contributed by atoms with E-state index in [2.05, 4.69) is 25.9 Å². The lowest BCUT2D eigenvalue weighted by molar-refractivity contribution is -0.154. The molecule has 13 heteroatoms. The highest BCUT2D eigenvalue weighted by Gasteiger charge is 2.48. The molecule has 1 aromatic rings. The number of aromatic nitrogens is 2. The molecular weight excluding hydrogens is 506 g/mol. The van der Waals surface area contributed by atoms with E-state index in [1.165, 1.54) is 28.4 Å². The van der Waals surface area contributed by atoms with Crippen LogP contribution < -0.4 is 16.0 Å². The second kappa shape index (κ2) is 11.6. The first kappa shape index (κ1) is 28.4. The van der Waals surface area contributed by atoms with Gasteiger partial charge in [0.15, 0.2) is 0 Å². The van der Waals surface area contributed by atoms with E-state index >= 15 is 0 Å². The fraction of sp³-hybridized carbons (Fsp3) is 0.654. The van der Waals surface area contributed by atoms with Gasteiger partial charge < -0.3 is 30.9 Å². The highest BCUT2D eigenvalue weighted by atomic mass is 16.3. The van der Waals surface area contributed by atoms with Gasteiger partial charge in [0, 0.05) is 31.5 Å². The molecule has 13 nitrogen and oxygen atoms in total. The Morgan fingerprint density at radius 3 is 2.51 bits per heavy atom. The normalized spacial score (nSPS) is 22.5. The van der Waals surface area contributed by atoms with E-state index in [9.17, 15) is 29.1 Å². The molecule has 3 heterocycles. The molecule has 0 radical (unpaired) electrons. The number of nitrogens with one attached hydrogen (secondary N) is 3. The van der Waals surface area contributed by atoms with E-state index in [0.717, 1.165) is 12.8 Å². The third-order valence-corrected chi connectivity index (χ3v) is 7.31. The van der Waals surface area contributed by atoms with Crippen LogP contribution in [0.5, 0.6) is 0 Å². The maximum absolute atomic E-state index is 13.8. The summed E-state index contributed by atoms with van der Waals surface area (Å²) in [5.41, 5.74) is -0.637. The fourth-order valence-corrected chi connectivity index (χ4v) is 5.01. The van der Waals surface area contributed by atoms with Crippen molar-refractivity contribution in [2.24, 2.45) is 11.3 Å². The molecule has 0 aromatic carbocycles. The number of aliphatic hydroxyl groups excluding tert-OH is 1. The number of amides is 5. The van der Waals surface area contributed by atoms with E-state index in [1.807, 2.05) is 0 Å². The molecule has 0 spiro atoms. The van der Waals surface area contributed by atoms with Crippen molar-refractivity contribution < 1.29 is 29.1 Å². The van der Waals surface area contributed by atoms with Gasteiger partial charge in [-0.05, 0) is 37.0 Å². The first-order chi connectivity index (χ1) is 18.4. The monoisotopic (exact) mass is 543 g/mol. The number of carbonyl (C=O) groups excluding carboxylic acids is 5. The zero-order valence-electron chi connectivity index (χ0n) is 22.6. The van der Waals surface area contributed by atoms with Crippen LogP contribution in [0.25, 0.3) is 0 Å². The average molecular weight is 544 g/mol. The molecule has 3 unspecified atom stereocenters. The molecule has 3 fully saturated rings. The topological polar surface area (TPSA) is 174 Å². The van der Waals surface area contributed by atoms with Crippen LogP contribution in [0.3, 0.4) is 0 Å². The van der Waals surface area contributed by atoms with Crippen molar-refractivity contribution in [3.63, 3.8) is 0 Å². The largest absolute Gasteiger partial charge is 0.373 e. The third kappa shape index (κ3) is 7.08. The molecule has 1 saturated carbocycles. The first-order valence-corrected chi connectivity index (χ1v) is 13.4. The summed E-state index contributed by atoms with van der Waals surface area (Å²) < 4.78 is 0. The van der Waals surface area contributed by atoms with Crippen LogP contribution in [0.15, 0.2) is 18.6 Å². The minimum Gasteiger partial charge on any atom is -0.373 e. The summed E-state index contributed by atoms with van der Waals surface area (Å²) in [5.74, 6) is -2.18. The van der Waals surface area contributed by atoms with Crippen molar-refractivity contribution >= 4 is 29.5 Å². The van der Waals surface area contributed by atoms with Gasteiger partial charge in [0.05, 0.1) is 19.2 Å². The van der Waals surface area contributed by atoms with Gasteiger partial charge >= 0.3 is 0 Å². The second-order valence-electron chi connectivity index (χ2n) is 11.6. The van der Waals surface area contributed by atoms with E-state index in [0.29, 0.717) is 25.9 Å². The van der Waals surface area contributed by atoms with Crippen LogP contribution in [0, 0.1) is 11.3 Å². The molecule has 4 N–H and O–H groups in total. The summed E-state index contributed by atoms with van der Waals surface area (Å²) in [5, 5.41) is 18.7. The van der Waals surface area contributed by atoms with E-state index in [-0.39, 0.29) is 36.5 Å². The summed E-state index contributed by atoms with van der Waals surface area (Å²) >= 11 is 0. The van der Waals surface area contributed by atoms with Crippen LogP contribution in [0.1, 0.15) is 63.4 Å². The van der Waals surface area contributed by atoms with Gasteiger partial charge in [-0.2, -0.15) is 0 Å². The van der Waals surface area contributed by atoms with Crippen LogP contribution >= 0.6 is 0 Å². The number of carbonyl (C=O) groups is 5. The van der Waals surface area contributed by atoms with Crippen LogP contribution in [0.2, 0.25) is 0 Å². The van der Waals surface area contributed by atoms with Crippen molar-refractivity contribution in [1.29, 1.82) is 0 Å². The van der Waals surface area contributed by atoms with Gasteiger partial charge in [-0.3, -0.25) is 29.0 Å². The molecule has 2 aliphatic heterocycles. The standard InChI is InChI=1S/C26H37N7O6/c1-26(2,3)22(31-20(35)13-29-23(37)17-12-27-7-8-28-17)25(39)33-14-15-6-9-32(24(38)18(33)10-15)21(36)11-19(34)30-16-4-5-16/h7-8,12,15-16,18,21-22,36H,4-6,9-11,13-14H2,1-3H3,(H,29,37)(H,30,34)(H,31,35)/t15-,18?,21?,22?/m1/s1. The van der Waals surface area contributed by atoms with Gasteiger partial charge in [-0.15, -0.1) is 0 Å². The number of nitrogens with zero attached hydrogens (tertiary/aromatic N) is 4. The zero-order chi connectivity index (χ0) is 28.3. The van der Waals surface area contributed by atoms with E-state index in [4.69, 9.17) is 0 Å². The molecule has 212 valence electrons. The van der Waals surface area contributed by atoms with Crippen LogP contribution in [0.4, 0.5) is 0 Å². The Bertz CT molecular complexity index is 1100. The third-order valence-electron chi connectivity index (χ3n) is 7.31. The molecule has 4 rings (SSSR count). The number of aliphatic hydroxyl groups is 1. The summed E-state index contributed by atoms with van der Waals surface area (Å²) in [7, 11) is 0. The van der Waals surface area contributed by atoms with Crippen molar-refractivity contribution in [3.05, 3.63) is 24.3 Å². The predicted molar refractivity (Wildman–Crippen MR) is 137 cm³/mol. The van der Waals surface area contributed by atoms with Gasteiger partial charge in [0.1, 0.15) is 24.0 Å². The van der Waals surface area contributed by atoms with Crippen LogP contribution in [-0.4, -0.2) is 98.4 Å². The molecule has 2 bridgehead atoms. The fourth-order valence-electron chi connectivity index (χ4n) is 5.01. The van der Waals surface area contributed by atoms with Crippen molar-refractivity contribution in [3.8, 4) is 0 Å². The summed E-state index contributed by atoms with van der Waals surface area (Å²) in [6.07, 6.45) is 5.47. The van der Waals surface area contributed by atoms with E-state index in [1.54, 1.807) is 20.8 Å². The molecule has 1 aromatic heterocycles. The van der Waals surface area contributed by atoms with Gasteiger partial charge in [-0.25, -0.2) is 4.98 Å². The SMILES string of the molecule is CC(C)(C)C(NC(=O)CNC(=O)c1cnccn1)C(=O)N1C[C@@H]2CCN(C(O)CC(=O)NC3CC3)C(=O)C1C2. The van der Waals surface area contributed by atoms with Crippen molar-refractivity contribution in [2.45, 2.75) is 77.2 Å². The average Bonchev–Trinajstić information content (AvgIpc) is 3.61. The number of likely N-dealkylation sites (tertiary alicyclic amines) is 2. The first-order valence-electron chi connectivity index (χ1n) is 13.4. The zero-order valence-corrected chi connectivity index (χ0v) is 22.6. The smallest absolute Gasteiger partial charge is 0.271 e. The van der Waals surface area contributed by atoms with Crippen molar-refractivity contribution in [1.82, 2.24) is 35.7 Å². The summed E-state index contributed by atoms with van der Waals surface area (Å²) in [4.78, 5) is 74.9. The number of hydrogen-bond acceptors (Lipinski definition) is 8. The molecule has 3 aliphatic rings. The molecule has 4 atom stereocenters. The maximum Gasteiger partial charge on any atom is 0.271 e.